The van der Waals surface area contributed by atoms with Gasteiger partial charge in [-0.1, -0.05) is 12.8 Å². The van der Waals surface area contributed by atoms with Crippen LogP contribution in [0, 0.1) is 5.92 Å². The summed E-state index contributed by atoms with van der Waals surface area (Å²) in [6, 6.07) is 0.590. The van der Waals surface area contributed by atoms with Crippen molar-refractivity contribution in [2.45, 2.75) is 38.1 Å². The molecule has 3 nitrogen and oxygen atoms in total. The van der Waals surface area contributed by atoms with Gasteiger partial charge in [0.25, 0.3) is 0 Å². The summed E-state index contributed by atoms with van der Waals surface area (Å²) in [6.07, 6.45) is 6.50. The third kappa shape index (κ3) is 3.59. The summed E-state index contributed by atoms with van der Waals surface area (Å²) in [6.45, 7) is 0.915. The average Bonchev–Trinajstić information content (AvgIpc) is 2.86. The van der Waals surface area contributed by atoms with E-state index in [0.717, 1.165) is 12.5 Å². The van der Waals surface area contributed by atoms with E-state index in [1.807, 2.05) is 11.8 Å². The fourth-order valence-corrected chi connectivity index (χ4v) is 3.55. The second kappa shape index (κ2) is 5.64. The molecule has 3 N–H and O–H groups in total. The highest BCUT2D eigenvalue weighted by atomic mass is 32.2. The van der Waals surface area contributed by atoms with Gasteiger partial charge in [-0.3, -0.25) is 4.99 Å². The molecule has 1 aliphatic carbocycles. The lowest BCUT2D eigenvalue weighted by Gasteiger charge is -2.13. The second-order valence-electron chi connectivity index (χ2n) is 4.58. The monoisotopic (exact) mass is 227 g/mol. The summed E-state index contributed by atoms with van der Waals surface area (Å²) in [5.74, 6) is 3.99. The molecule has 15 heavy (non-hydrogen) atoms. The Balaban J connectivity index is 1.68. The Morgan fingerprint density at radius 1 is 1.33 bits per heavy atom. The summed E-state index contributed by atoms with van der Waals surface area (Å²) in [7, 11) is 0. The Morgan fingerprint density at radius 3 is 2.80 bits per heavy atom. The molecule has 4 heteroatoms. The molecule has 0 radical (unpaired) electrons. The molecule has 1 saturated heterocycles. The van der Waals surface area contributed by atoms with Crippen LogP contribution in [0.1, 0.15) is 32.1 Å². The first-order valence-electron chi connectivity index (χ1n) is 5.99. The van der Waals surface area contributed by atoms with Crippen molar-refractivity contribution in [2.75, 3.05) is 18.1 Å². The molecule has 1 saturated carbocycles. The Labute approximate surface area is 96.3 Å². The number of nitrogens with one attached hydrogen (secondary N) is 1. The van der Waals surface area contributed by atoms with E-state index in [1.54, 1.807) is 0 Å². The average molecular weight is 227 g/mol. The van der Waals surface area contributed by atoms with Gasteiger partial charge in [-0.25, -0.2) is 0 Å². The van der Waals surface area contributed by atoms with E-state index in [4.69, 9.17) is 5.73 Å². The Bertz CT molecular complexity index is 218. The quantitative estimate of drug-likeness (QED) is 0.568. The molecular formula is C11H21N3S. The Kier molecular flexibility index (Phi) is 4.18. The van der Waals surface area contributed by atoms with Gasteiger partial charge in [-0.05, 0) is 36.7 Å². The van der Waals surface area contributed by atoms with Crippen molar-refractivity contribution < 1.29 is 0 Å². The summed E-state index contributed by atoms with van der Waals surface area (Å²) >= 11 is 2.04. The van der Waals surface area contributed by atoms with Gasteiger partial charge in [0.05, 0.1) is 0 Å². The number of rotatable bonds is 3. The van der Waals surface area contributed by atoms with Crippen molar-refractivity contribution in [3.63, 3.8) is 0 Å². The number of nitrogens with two attached hydrogens (primary N) is 1. The third-order valence-electron chi connectivity index (χ3n) is 3.25. The highest BCUT2D eigenvalue weighted by Gasteiger charge is 2.16. The predicted molar refractivity (Wildman–Crippen MR) is 67.3 cm³/mol. The van der Waals surface area contributed by atoms with Gasteiger partial charge in [-0.15, -0.1) is 0 Å². The Morgan fingerprint density at radius 2 is 2.13 bits per heavy atom. The highest BCUT2D eigenvalue weighted by Crippen LogP contribution is 2.23. The first kappa shape index (κ1) is 11.1. The van der Waals surface area contributed by atoms with Crippen LogP contribution in [0.15, 0.2) is 4.99 Å². The fraction of sp³-hybridized carbons (Fsp3) is 0.909. The third-order valence-corrected chi connectivity index (χ3v) is 4.48. The first-order chi connectivity index (χ1) is 7.34. The SMILES string of the molecule is NC(=NCC1CCSC1)NC1CCCC1. The van der Waals surface area contributed by atoms with Crippen molar-refractivity contribution in [1.29, 1.82) is 0 Å². The van der Waals surface area contributed by atoms with E-state index in [9.17, 15) is 0 Å². The molecule has 0 aromatic carbocycles. The van der Waals surface area contributed by atoms with Crippen LogP contribution in [-0.2, 0) is 0 Å². The maximum Gasteiger partial charge on any atom is 0.188 e. The van der Waals surface area contributed by atoms with Gasteiger partial charge in [0.1, 0.15) is 0 Å². The van der Waals surface area contributed by atoms with Crippen LogP contribution in [0.4, 0.5) is 0 Å². The topological polar surface area (TPSA) is 50.4 Å². The molecule has 1 aliphatic heterocycles. The molecule has 2 aliphatic rings. The van der Waals surface area contributed by atoms with E-state index in [-0.39, 0.29) is 0 Å². The van der Waals surface area contributed by atoms with Crippen molar-refractivity contribution in [3.05, 3.63) is 0 Å². The van der Waals surface area contributed by atoms with Gasteiger partial charge in [0.2, 0.25) is 0 Å². The maximum absolute atomic E-state index is 5.86. The molecule has 2 fully saturated rings. The highest BCUT2D eigenvalue weighted by molar-refractivity contribution is 7.99. The maximum atomic E-state index is 5.86. The zero-order valence-corrected chi connectivity index (χ0v) is 10.1. The van der Waals surface area contributed by atoms with Crippen LogP contribution in [-0.4, -0.2) is 30.1 Å². The minimum absolute atomic E-state index is 0.590. The van der Waals surface area contributed by atoms with Crippen molar-refractivity contribution >= 4 is 17.7 Å². The largest absolute Gasteiger partial charge is 0.370 e. The van der Waals surface area contributed by atoms with Crippen molar-refractivity contribution in [1.82, 2.24) is 5.32 Å². The normalized spacial score (nSPS) is 28.5. The molecule has 1 atom stereocenters. The zero-order valence-electron chi connectivity index (χ0n) is 9.24. The number of guanidine groups is 1. The fourth-order valence-electron chi connectivity index (χ4n) is 2.28. The molecule has 86 valence electrons. The van der Waals surface area contributed by atoms with E-state index >= 15 is 0 Å². The summed E-state index contributed by atoms with van der Waals surface area (Å²) in [5, 5.41) is 3.32. The second-order valence-corrected chi connectivity index (χ2v) is 5.73. The van der Waals surface area contributed by atoms with Crippen LogP contribution in [0.25, 0.3) is 0 Å². The van der Waals surface area contributed by atoms with Crippen molar-refractivity contribution in [3.8, 4) is 0 Å². The molecule has 0 spiro atoms. The molecular weight excluding hydrogens is 206 g/mol. The standard InChI is InChI=1S/C11H21N3S/c12-11(14-10-3-1-2-4-10)13-7-9-5-6-15-8-9/h9-10H,1-8H2,(H3,12,13,14). The lowest BCUT2D eigenvalue weighted by molar-refractivity contribution is 0.597. The van der Waals surface area contributed by atoms with Gasteiger partial charge >= 0.3 is 0 Å². The van der Waals surface area contributed by atoms with Crippen molar-refractivity contribution in [2.24, 2.45) is 16.6 Å². The minimum atomic E-state index is 0.590. The van der Waals surface area contributed by atoms with Gasteiger partial charge in [0, 0.05) is 12.6 Å². The van der Waals surface area contributed by atoms with Gasteiger partial charge in [0.15, 0.2) is 5.96 Å². The molecule has 1 heterocycles. The number of hydrogen-bond donors (Lipinski definition) is 2. The van der Waals surface area contributed by atoms with Crippen LogP contribution < -0.4 is 11.1 Å². The molecule has 0 bridgehead atoms. The van der Waals surface area contributed by atoms with Crippen LogP contribution >= 0.6 is 11.8 Å². The smallest absolute Gasteiger partial charge is 0.188 e. The first-order valence-corrected chi connectivity index (χ1v) is 7.14. The van der Waals surface area contributed by atoms with Crippen LogP contribution in [0.5, 0.6) is 0 Å². The zero-order chi connectivity index (χ0) is 10.5. The summed E-state index contributed by atoms with van der Waals surface area (Å²) in [5.41, 5.74) is 5.86. The lowest BCUT2D eigenvalue weighted by Crippen LogP contribution is -2.38. The molecule has 0 aromatic rings. The van der Waals surface area contributed by atoms with Gasteiger partial charge < -0.3 is 11.1 Å². The summed E-state index contributed by atoms with van der Waals surface area (Å²) in [4.78, 5) is 4.44. The Hall–Kier alpha value is -0.380. The molecule has 0 amide bonds. The van der Waals surface area contributed by atoms with E-state index in [2.05, 4.69) is 10.3 Å². The number of nitrogens with zero attached hydrogens (tertiary/aromatic N) is 1. The lowest BCUT2D eigenvalue weighted by atomic mass is 10.1. The predicted octanol–water partition coefficient (Wildman–Crippen LogP) is 1.59. The number of thioether (sulfide) groups is 1. The van der Waals surface area contributed by atoms with Crippen LogP contribution in [0.2, 0.25) is 0 Å². The van der Waals surface area contributed by atoms with E-state index in [1.165, 1.54) is 43.6 Å². The molecule has 0 aromatic heterocycles. The number of aliphatic imine (C=N–C) groups is 1. The molecule has 2 rings (SSSR count). The number of hydrogen-bond acceptors (Lipinski definition) is 2. The molecule has 1 unspecified atom stereocenters. The van der Waals surface area contributed by atoms with E-state index < -0.39 is 0 Å². The summed E-state index contributed by atoms with van der Waals surface area (Å²) < 4.78 is 0. The van der Waals surface area contributed by atoms with E-state index in [0.29, 0.717) is 12.0 Å². The van der Waals surface area contributed by atoms with Gasteiger partial charge in [-0.2, -0.15) is 11.8 Å². The minimum Gasteiger partial charge on any atom is -0.370 e. The van der Waals surface area contributed by atoms with Crippen LogP contribution in [0.3, 0.4) is 0 Å².